The monoisotopic (exact) mass is 215 g/mol. The maximum absolute atomic E-state index is 10.3. The fourth-order valence-electron chi connectivity index (χ4n) is 0.960. The molecule has 1 N–H and O–H groups in total. The van der Waals surface area contributed by atoms with E-state index in [0.29, 0.717) is 11.4 Å². The highest BCUT2D eigenvalue weighted by molar-refractivity contribution is 7.99. The summed E-state index contributed by atoms with van der Waals surface area (Å²) in [5, 5.41) is 3.25. The van der Waals surface area contributed by atoms with E-state index >= 15 is 0 Å². The summed E-state index contributed by atoms with van der Waals surface area (Å²) in [4.78, 5) is 11.3. The van der Waals surface area contributed by atoms with Crippen molar-refractivity contribution in [2.75, 3.05) is 11.1 Å². The summed E-state index contributed by atoms with van der Waals surface area (Å²) in [5.41, 5.74) is 0.773. The third-order valence-corrected chi connectivity index (χ3v) is 2.65. The number of carbonyl (C=O) groups is 1. The van der Waals surface area contributed by atoms with Gasteiger partial charge in [0.1, 0.15) is 0 Å². The van der Waals surface area contributed by atoms with Gasteiger partial charge in [-0.1, -0.05) is 18.5 Å². The third kappa shape index (κ3) is 2.94. The van der Waals surface area contributed by atoms with Crippen LogP contribution in [0.5, 0.6) is 0 Å². The molecule has 0 aliphatic heterocycles. The average Bonchev–Trinajstić information content (AvgIpc) is 2.10. The lowest BCUT2D eigenvalue weighted by atomic mass is 10.3. The maximum Gasteiger partial charge on any atom is 0.211 e. The van der Waals surface area contributed by atoms with E-state index in [1.807, 2.05) is 12.1 Å². The molecule has 0 aliphatic carbocycles. The second kappa shape index (κ2) is 5.14. The molecule has 1 aromatic rings. The molecule has 0 aromatic heterocycles. The first-order valence-electron chi connectivity index (χ1n) is 3.90. The van der Waals surface area contributed by atoms with Crippen molar-refractivity contribution in [2.24, 2.45) is 0 Å². The molecule has 4 heteroatoms. The number of carbonyl (C=O) groups excluding carboxylic acids is 1. The van der Waals surface area contributed by atoms with Crippen LogP contribution in [0, 0.1) is 0 Å². The molecule has 0 heterocycles. The summed E-state index contributed by atoms with van der Waals surface area (Å²) in [5.74, 6) is 0.967. The fraction of sp³-hybridized carbons (Fsp3) is 0.222. The first-order chi connectivity index (χ1) is 6.27. The highest BCUT2D eigenvalue weighted by Crippen LogP contribution is 2.29. The van der Waals surface area contributed by atoms with E-state index in [4.69, 9.17) is 11.6 Å². The molecule has 70 valence electrons. The minimum atomic E-state index is 0.629. The normalized spacial score (nSPS) is 9.69. The van der Waals surface area contributed by atoms with Crippen molar-refractivity contribution >= 4 is 35.5 Å². The van der Waals surface area contributed by atoms with Crippen LogP contribution in [0.1, 0.15) is 6.92 Å². The van der Waals surface area contributed by atoms with Gasteiger partial charge in [-0.15, -0.1) is 11.8 Å². The highest BCUT2D eigenvalue weighted by Gasteiger charge is 2.01. The molecule has 0 saturated heterocycles. The van der Waals surface area contributed by atoms with E-state index < -0.39 is 0 Å². The molecular weight excluding hydrogens is 206 g/mol. The van der Waals surface area contributed by atoms with Crippen LogP contribution in [-0.2, 0) is 4.79 Å². The number of benzene rings is 1. The van der Waals surface area contributed by atoms with E-state index in [0.717, 1.165) is 16.3 Å². The summed E-state index contributed by atoms with van der Waals surface area (Å²) in [6.07, 6.45) is 0.658. The van der Waals surface area contributed by atoms with Crippen LogP contribution >= 0.6 is 23.4 Å². The second-order valence-electron chi connectivity index (χ2n) is 2.34. The van der Waals surface area contributed by atoms with Crippen LogP contribution in [0.2, 0.25) is 5.02 Å². The third-order valence-electron chi connectivity index (χ3n) is 1.46. The van der Waals surface area contributed by atoms with Crippen LogP contribution in [0.4, 0.5) is 5.69 Å². The van der Waals surface area contributed by atoms with Crippen molar-refractivity contribution in [1.29, 1.82) is 0 Å². The number of rotatable bonds is 4. The minimum absolute atomic E-state index is 0.629. The topological polar surface area (TPSA) is 29.1 Å². The summed E-state index contributed by atoms with van der Waals surface area (Å²) in [6, 6.07) is 5.46. The van der Waals surface area contributed by atoms with Gasteiger partial charge in [-0.05, 0) is 24.0 Å². The lowest BCUT2D eigenvalue weighted by Gasteiger charge is -2.06. The van der Waals surface area contributed by atoms with E-state index in [2.05, 4.69) is 12.2 Å². The molecule has 0 bridgehead atoms. The van der Waals surface area contributed by atoms with Gasteiger partial charge < -0.3 is 5.32 Å². The Morgan fingerprint density at radius 3 is 3.00 bits per heavy atom. The number of hydrogen-bond donors (Lipinski definition) is 1. The number of nitrogens with one attached hydrogen (secondary N) is 1. The molecule has 0 fully saturated rings. The Morgan fingerprint density at radius 2 is 2.38 bits per heavy atom. The molecule has 1 aromatic carbocycles. The Balaban J connectivity index is 2.95. The fourth-order valence-corrected chi connectivity index (χ4v) is 1.88. The van der Waals surface area contributed by atoms with Crippen LogP contribution in [0.15, 0.2) is 23.1 Å². The van der Waals surface area contributed by atoms with Crippen molar-refractivity contribution in [1.82, 2.24) is 0 Å². The zero-order valence-corrected chi connectivity index (χ0v) is 8.78. The zero-order chi connectivity index (χ0) is 9.68. The predicted octanol–water partition coefficient (Wildman–Crippen LogP) is 3.02. The van der Waals surface area contributed by atoms with E-state index in [-0.39, 0.29) is 0 Å². The summed E-state index contributed by atoms with van der Waals surface area (Å²) in [6.45, 7) is 2.06. The SMILES string of the molecule is CCSc1ccc(Cl)cc1NC=O. The molecule has 13 heavy (non-hydrogen) atoms. The molecule has 1 amide bonds. The minimum Gasteiger partial charge on any atom is -0.328 e. The first kappa shape index (κ1) is 10.4. The molecule has 0 aliphatic rings. The van der Waals surface area contributed by atoms with E-state index in [9.17, 15) is 4.79 Å². The number of thioether (sulfide) groups is 1. The number of halogens is 1. The van der Waals surface area contributed by atoms with Crippen molar-refractivity contribution in [2.45, 2.75) is 11.8 Å². The van der Waals surface area contributed by atoms with Crippen LogP contribution in [-0.4, -0.2) is 12.2 Å². The van der Waals surface area contributed by atoms with Gasteiger partial charge in [-0.3, -0.25) is 4.79 Å². The smallest absolute Gasteiger partial charge is 0.211 e. The average molecular weight is 216 g/mol. The van der Waals surface area contributed by atoms with Gasteiger partial charge in [0.05, 0.1) is 5.69 Å². The molecular formula is C9H10ClNOS. The van der Waals surface area contributed by atoms with Crippen molar-refractivity contribution in [3.63, 3.8) is 0 Å². The molecule has 2 nitrogen and oxygen atoms in total. The summed E-state index contributed by atoms with van der Waals surface area (Å²) in [7, 11) is 0. The van der Waals surface area contributed by atoms with Gasteiger partial charge in [-0.25, -0.2) is 0 Å². The van der Waals surface area contributed by atoms with Gasteiger partial charge in [0, 0.05) is 9.92 Å². The largest absolute Gasteiger partial charge is 0.328 e. The van der Waals surface area contributed by atoms with Gasteiger partial charge in [0.25, 0.3) is 0 Å². The Bertz CT molecular complexity index is 304. The van der Waals surface area contributed by atoms with E-state index in [1.54, 1.807) is 17.8 Å². The Hall–Kier alpha value is -0.670. The van der Waals surface area contributed by atoms with Crippen molar-refractivity contribution in [3.05, 3.63) is 23.2 Å². The molecule has 0 atom stereocenters. The first-order valence-corrected chi connectivity index (χ1v) is 5.26. The van der Waals surface area contributed by atoms with Crippen LogP contribution in [0.25, 0.3) is 0 Å². The Kier molecular flexibility index (Phi) is 4.12. The standard InChI is InChI=1S/C9H10ClNOS/c1-2-13-9-4-3-7(10)5-8(9)11-6-12/h3-6H,2H2,1H3,(H,11,12). The highest BCUT2D eigenvalue weighted by atomic mass is 35.5. The number of amides is 1. The Labute approximate surface area is 86.7 Å². The lowest BCUT2D eigenvalue weighted by molar-refractivity contribution is -0.105. The van der Waals surface area contributed by atoms with Gasteiger partial charge in [0.15, 0.2) is 0 Å². The van der Waals surface area contributed by atoms with Crippen LogP contribution in [0.3, 0.4) is 0 Å². The molecule has 1 rings (SSSR count). The number of anilines is 1. The van der Waals surface area contributed by atoms with Gasteiger partial charge in [-0.2, -0.15) is 0 Å². The zero-order valence-electron chi connectivity index (χ0n) is 7.21. The lowest BCUT2D eigenvalue weighted by Crippen LogP contribution is -1.95. The molecule has 0 radical (unpaired) electrons. The maximum atomic E-state index is 10.3. The Morgan fingerprint density at radius 1 is 1.62 bits per heavy atom. The van der Waals surface area contributed by atoms with Crippen LogP contribution < -0.4 is 5.32 Å². The summed E-state index contributed by atoms with van der Waals surface area (Å²) < 4.78 is 0. The molecule has 0 unspecified atom stereocenters. The predicted molar refractivity (Wildman–Crippen MR) is 57.5 cm³/mol. The van der Waals surface area contributed by atoms with Crippen molar-refractivity contribution < 1.29 is 4.79 Å². The van der Waals surface area contributed by atoms with Gasteiger partial charge >= 0.3 is 0 Å². The van der Waals surface area contributed by atoms with Gasteiger partial charge in [0.2, 0.25) is 6.41 Å². The summed E-state index contributed by atoms with van der Waals surface area (Å²) >= 11 is 7.46. The van der Waals surface area contributed by atoms with Crippen molar-refractivity contribution in [3.8, 4) is 0 Å². The quantitative estimate of drug-likeness (QED) is 0.618. The van der Waals surface area contributed by atoms with E-state index in [1.165, 1.54) is 0 Å². The number of hydrogen-bond acceptors (Lipinski definition) is 2. The molecule has 0 spiro atoms. The second-order valence-corrected chi connectivity index (χ2v) is 4.08. The molecule has 0 saturated carbocycles.